The quantitative estimate of drug-likeness (QED) is 0.448. The number of aryl methyl sites for hydroxylation is 1. The van der Waals surface area contributed by atoms with E-state index in [-0.39, 0.29) is 18.1 Å². The van der Waals surface area contributed by atoms with E-state index in [0.717, 1.165) is 15.9 Å². The Kier molecular flexibility index (Phi) is 5.45. The van der Waals surface area contributed by atoms with Crippen LogP contribution in [0.4, 0.5) is 5.69 Å². The minimum atomic E-state index is -0.180. The van der Waals surface area contributed by atoms with Crippen molar-refractivity contribution in [2.24, 2.45) is 0 Å². The lowest BCUT2D eigenvalue weighted by atomic mass is 10.2. The normalized spacial score (nSPS) is 12.8. The van der Waals surface area contributed by atoms with Crippen LogP contribution < -0.4 is 20.1 Å². The summed E-state index contributed by atoms with van der Waals surface area (Å²) >= 11 is 1.59. The molecule has 1 aliphatic rings. The van der Waals surface area contributed by atoms with Gasteiger partial charge in [0.15, 0.2) is 11.5 Å². The van der Waals surface area contributed by atoms with Crippen molar-refractivity contribution in [1.29, 1.82) is 0 Å². The summed E-state index contributed by atoms with van der Waals surface area (Å²) < 4.78 is 14.6. The number of aromatic nitrogens is 2. The summed E-state index contributed by atoms with van der Waals surface area (Å²) in [5.74, 6) is 1.12. The molecule has 164 valence electrons. The molecule has 32 heavy (non-hydrogen) atoms. The number of carbonyl (C=O) groups is 1. The highest BCUT2D eigenvalue weighted by molar-refractivity contribution is 7.09. The van der Waals surface area contributed by atoms with Crippen molar-refractivity contribution in [3.8, 4) is 11.5 Å². The van der Waals surface area contributed by atoms with Gasteiger partial charge in [0.25, 0.3) is 0 Å². The monoisotopic (exact) mass is 449 g/mol. The van der Waals surface area contributed by atoms with Gasteiger partial charge in [0.1, 0.15) is 19.8 Å². The van der Waals surface area contributed by atoms with E-state index in [2.05, 4.69) is 0 Å². The highest BCUT2D eigenvalue weighted by atomic mass is 32.1. The van der Waals surface area contributed by atoms with Crippen LogP contribution in [0.2, 0.25) is 0 Å². The Hall–Kier alpha value is -3.52. The van der Waals surface area contributed by atoms with Crippen LogP contribution in [0.3, 0.4) is 0 Å². The SMILES string of the molecule is CCn1c(=O)n(CC(=O)N(Cc2cccs2)c2ccc3c(c2)OCCO3)c2ccccc21. The van der Waals surface area contributed by atoms with Gasteiger partial charge in [-0.15, -0.1) is 11.3 Å². The van der Waals surface area contributed by atoms with Gasteiger partial charge in [-0.2, -0.15) is 0 Å². The number of nitrogens with zero attached hydrogens (tertiary/aromatic N) is 3. The Morgan fingerprint density at radius 1 is 1.00 bits per heavy atom. The number of benzene rings is 2. The third kappa shape index (κ3) is 3.67. The standard InChI is InChI=1S/C24H23N3O4S/c1-2-25-19-7-3-4-8-20(19)27(24(25)29)16-23(28)26(15-18-6-5-13-32-18)17-9-10-21-22(14-17)31-12-11-30-21/h3-10,13-14H,2,11-12,15-16H2,1H3. The molecular formula is C24H23N3O4S. The predicted molar refractivity (Wildman–Crippen MR) is 125 cm³/mol. The third-order valence-corrected chi connectivity index (χ3v) is 6.43. The van der Waals surface area contributed by atoms with Gasteiger partial charge < -0.3 is 14.4 Å². The van der Waals surface area contributed by atoms with Crippen LogP contribution in [0.1, 0.15) is 11.8 Å². The minimum absolute atomic E-state index is 0.0494. The van der Waals surface area contributed by atoms with Gasteiger partial charge in [0, 0.05) is 23.2 Å². The minimum Gasteiger partial charge on any atom is -0.486 e. The molecule has 0 unspecified atom stereocenters. The molecule has 1 amide bonds. The van der Waals surface area contributed by atoms with Gasteiger partial charge in [0.05, 0.1) is 17.6 Å². The molecule has 0 aliphatic carbocycles. The number of para-hydroxylation sites is 2. The van der Waals surface area contributed by atoms with Gasteiger partial charge in [0.2, 0.25) is 5.91 Å². The summed E-state index contributed by atoms with van der Waals surface area (Å²) in [6.07, 6.45) is 0. The molecule has 0 atom stereocenters. The Balaban J connectivity index is 1.53. The van der Waals surface area contributed by atoms with Gasteiger partial charge in [-0.05, 0) is 42.6 Å². The highest BCUT2D eigenvalue weighted by Crippen LogP contribution is 2.35. The van der Waals surface area contributed by atoms with E-state index >= 15 is 0 Å². The summed E-state index contributed by atoms with van der Waals surface area (Å²) in [5.41, 5.74) is 2.11. The van der Waals surface area contributed by atoms with Gasteiger partial charge in [-0.25, -0.2) is 4.79 Å². The fourth-order valence-electron chi connectivity index (χ4n) is 4.03. The fourth-order valence-corrected chi connectivity index (χ4v) is 4.73. The van der Waals surface area contributed by atoms with Crippen LogP contribution in [0.15, 0.2) is 64.8 Å². The van der Waals surface area contributed by atoms with Crippen LogP contribution in [-0.2, 0) is 24.4 Å². The largest absolute Gasteiger partial charge is 0.486 e. The van der Waals surface area contributed by atoms with Crippen molar-refractivity contribution >= 4 is 34.0 Å². The van der Waals surface area contributed by atoms with Crippen molar-refractivity contribution in [1.82, 2.24) is 9.13 Å². The molecule has 2 aromatic heterocycles. The maximum Gasteiger partial charge on any atom is 0.329 e. The first kappa shape index (κ1) is 20.4. The number of hydrogen-bond acceptors (Lipinski definition) is 5. The number of fused-ring (bicyclic) bond motifs is 2. The number of ether oxygens (including phenoxy) is 2. The molecule has 5 rings (SSSR count). The zero-order valence-corrected chi connectivity index (χ0v) is 18.5. The van der Waals surface area contributed by atoms with E-state index in [1.54, 1.807) is 25.4 Å². The molecule has 0 bridgehead atoms. The van der Waals surface area contributed by atoms with E-state index in [1.807, 2.05) is 66.9 Å². The van der Waals surface area contributed by atoms with Crippen molar-refractivity contribution < 1.29 is 14.3 Å². The molecular weight excluding hydrogens is 426 g/mol. The molecule has 8 heteroatoms. The number of rotatable bonds is 6. The first-order valence-electron chi connectivity index (χ1n) is 10.6. The number of amides is 1. The van der Waals surface area contributed by atoms with Crippen molar-refractivity contribution in [2.75, 3.05) is 18.1 Å². The molecule has 0 N–H and O–H groups in total. The van der Waals surface area contributed by atoms with Crippen LogP contribution in [0.25, 0.3) is 11.0 Å². The lowest BCUT2D eigenvalue weighted by Crippen LogP contribution is -2.36. The average Bonchev–Trinajstić information content (AvgIpc) is 3.43. The smallest absolute Gasteiger partial charge is 0.329 e. The number of hydrogen-bond donors (Lipinski definition) is 0. The number of anilines is 1. The maximum atomic E-state index is 13.6. The molecule has 0 saturated heterocycles. The average molecular weight is 450 g/mol. The number of thiophene rings is 1. The predicted octanol–water partition coefficient (Wildman–Crippen LogP) is 3.89. The molecule has 0 radical (unpaired) electrons. The first-order valence-corrected chi connectivity index (χ1v) is 11.4. The van der Waals surface area contributed by atoms with Gasteiger partial charge >= 0.3 is 5.69 Å². The summed E-state index contributed by atoms with van der Waals surface area (Å²) in [5, 5.41) is 1.99. The number of carbonyl (C=O) groups excluding carboxylic acids is 1. The summed E-state index contributed by atoms with van der Waals surface area (Å²) in [7, 11) is 0. The van der Waals surface area contributed by atoms with Gasteiger partial charge in [-0.3, -0.25) is 13.9 Å². The van der Waals surface area contributed by atoms with Crippen LogP contribution >= 0.6 is 11.3 Å². The van der Waals surface area contributed by atoms with E-state index in [4.69, 9.17) is 9.47 Å². The summed E-state index contributed by atoms with van der Waals surface area (Å²) in [6.45, 7) is 3.82. The topological polar surface area (TPSA) is 65.7 Å². The zero-order chi connectivity index (χ0) is 22.1. The van der Waals surface area contributed by atoms with E-state index in [1.165, 1.54) is 0 Å². The molecule has 7 nitrogen and oxygen atoms in total. The number of imidazole rings is 1. The molecule has 0 saturated carbocycles. The molecule has 0 fully saturated rings. The Bertz CT molecular complexity index is 1320. The molecule has 3 heterocycles. The van der Waals surface area contributed by atoms with Crippen molar-refractivity contribution in [3.05, 3.63) is 75.3 Å². The fraction of sp³-hybridized carbons (Fsp3) is 0.250. The maximum absolute atomic E-state index is 13.6. The lowest BCUT2D eigenvalue weighted by Gasteiger charge is -2.25. The third-order valence-electron chi connectivity index (χ3n) is 5.57. The molecule has 0 spiro atoms. The zero-order valence-electron chi connectivity index (χ0n) is 17.7. The van der Waals surface area contributed by atoms with E-state index in [0.29, 0.717) is 43.5 Å². The second kappa shape index (κ2) is 8.55. The van der Waals surface area contributed by atoms with Crippen molar-refractivity contribution in [2.45, 2.75) is 26.6 Å². The van der Waals surface area contributed by atoms with E-state index < -0.39 is 0 Å². The van der Waals surface area contributed by atoms with Crippen LogP contribution in [-0.4, -0.2) is 28.3 Å². The Labute approximate surface area is 189 Å². The summed E-state index contributed by atoms with van der Waals surface area (Å²) in [4.78, 5) is 29.4. The highest BCUT2D eigenvalue weighted by Gasteiger charge is 2.23. The summed E-state index contributed by atoms with van der Waals surface area (Å²) in [6, 6.07) is 17.0. The van der Waals surface area contributed by atoms with Crippen LogP contribution in [0.5, 0.6) is 11.5 Å². The first-order chi connectivity index (χ1) is 15.7. The molecule has 4 aromatic rings. The van der Waals surface area contributed by atoms with Crippen LogP contribution in [0, 0.1) is 0 Å². The Morgan fingerprint density at radius 2 is 1.75 bits per heavy atom. The van der Waals surface area contributed by atoms with Crippen molar-refractivity contribution in [3.63, 3.8) is 0 Å². The second-order valence-electron chi connectivity index (χ2n) is 7.49. The van der Waals surface area contributed by atoms with Gasteiger partial charge in [-0.1, -0.05) is 18.2 Å². The molecule has 2 aromatic carbocycles. The molecule has 1 aliphatic heterocycles. The Morgan fingerprint density at radius 3 is 2.47 bits per heavy atom. The lowest BCUT2D eigenvalue weighted by molar-refractivity contribution is -0.119. The second-order valence-corrected chi connectivity index (χ2v) is 8.52. The van der Waals surface area contributed by atoms with E-state index in [9.17, 15) is 9.59 Å².